The van der Waals surface area contributed by atoms with Crippen LogP contribution in [0.3, 0.4) is 0 Å². The average molecular weight is 465 g/mol. The Labute approximate surface area is 194 Å². The van der Waals surface area contributed by atoms with E-state index in [-0.39, 0.29) is 41.7 Å². The van der Waals surface area contributed by atoms with Crippen molar-refractivity contribution in [2.24, 2.45) is 7.05 Å². The Hall–Kier alpha value is -4.34. The van der Waals surface area contributed by atoms with Gasteiger partial charge in [-0.3, -0.25) is 14.3 Å². The highest BCUT2D eigenvalue weighted by Crippen LogP contribution is 2.32. The van der Waals surface area contributed by atoms with Gasteiger partial charge in [-0.25, -0.2) is 4.79 Å². The van der Waals surface area contributed by atoms with Gasteiger partial charge >= 0.3 is 5.97 Å². The normalized spacial score (nSPS) is 11.9. The fourth-order valence-corrected chi connectivity index (χ4v) is 3.41. The third kappa shape index (κ3) is 4.29. The van der Waals surface area contributed by atoms with Crippen LogP contribution in [0.15, 0.2) is 62.5 Å². The predicted octanol–water partition coefficient (Wildman–Crippen LogP) is 3.76. The Morgan fingerprint density at radius 2 is 1.97 bits per heavy atom. The molecule has 1 unspecified atom stereocenters. The van der Waals surface area contributed by atoms with Crippen LogP contribution >= 0.6 is 0 Å². The summed E-state index contributed by atoms with van der Waals surface area (Å²) in [5.41, 5.74) is 0.0269. The second kappa shape index (κ2) is 9.65. The van der Waals surface area contributed by atoms with E-state index in [1.54, 1.807) is 57.3 Å². The van der Waals surface area contributed by atoms with Gasteiger partial charge in [0.2, 0.25) is 16.9 Å². The smallest absolute Gasteiger partial charge is 0.343 e. The molecule has 0 bridgehead atoms. The maximum atomic E-state index is 13.3. The molecule has 0 spiro atoms. The lowest BCUT2D eigenvalue weighted by Gasteiger charge is -2.18. The number of anilines is 1. The fourth-order valence-electron chi connectivity index (χ4n) is 3.41. The average Bonchev–Trinajstić information content (AvgIpc) is 3.49. The number of carbonyl (C=O) groups excluding carboxylic acids is 2. The molecule has 4 aromatic rings. The van der Waals surface area contributed by atoms with E-state index in [4.69, 9.17) is 18.3 Å². The van der Waals surface area contributed by atoms with Gasteiger partial charge in [-0.15, -0.1) is 0 Å². The molecule has 176 valence electrons. The number of nitrogens with zero attached hydrogens (tertiary/aromatic N) is 2. The van der Waals surface area contributed by atoms with Crippen LogP contribution in [-0.4, -0.2) is 34.4 Å². The second-order valence-electron chi connectivity index (χ2n) is 7.32. The van der Waals surface area contributed by atoms with Crippen molar-refractivity contribution in [3.8, 4) is 17.3 Å². The zero-order chi connectivity index (χ0) is 24.2. The minimum absolute atomic E-state index is 0.0766. The highest BCUT2D eigenvalue weighted by molar-refractivity contribution is 6.01. The molecule has 10 heteroatoms. The molecule has 1 N–H and O–H groups in total. The first kappa shape index (κ1) is 22.8. The number of carbonyl (C=O) groups is 2. The number of rotatable bonds is 8. The topological polar surface area (TPSA) is 126 Å². The molecule has 0 fully saturated rings. The van der Waals surface area contributed by atoms with Crippen LogP contribution in [0.4, 0.5) is 5.82 Å². The van der Waals surface area contributed by atoms with E-state index in [1.165, 1.54) is 17.1 Å². The molecule has 0 aliphatic carbocycles. The SMILES string of the molecule is CCOC(=O)c1cnn(C)c1NC(=O)C(CC)Oc1c(-c2ccco2)oc2ccccc2c1=O. The number of nitrogens with one attached hydrogen (secondary N) is 1. The van der Waals surface area contributed by atoms with Crippen molar-refractivity contribution in [2.75, 3.05) is 11.9 Å². The lowest BCUT2D eigenvalue weighted by atomic mass is 10.1. The molecular formula is C24H23N3O7. The van der Waals surface area contributed by atoms with Gasteiger partial charge in [-0.1, -0.05) is 19.1 Å². The second-order valence-corrected chi connectivity index (χ2v) is 7.32. The molecule has 0 aliphatic rings. The summed E-state index contributed by atoms with van der Waals surface area (Å²) in [5.74, 6) is -0.824. The summed E-state index contributed by atoms with van der Waals surface area (Å²) in [6.45, 7) is 3.59. The molecule has 0 radical (unpaired) electrons. The molecule has 0 aliphatic heterocycles. The first-order valence-corrected chi connectivity index (χ1v) is 10.7. The summed E-state index contributed by atoms with van der Waals surface area (Å²) in [5, 5.41) is 6.99. The number of amides is 1. The molecule has 4 rings (SSSR count). The summed E-state index contributed by atoms with van der Waals surface area (Å²) < 4.78 is 23.6. The standard InChI is InChI=1S/C24H23N3O7/c1-4-16(23(29)26-22-15(13-25-27(22)3)24(30)31-5-2)33-21-19(28)14-9-6-7-10-17(14)34-20(21)18-11-8-12-32-18/h6-13,16H,4-5H2,1-3H3,(H,26,29). The van der Waals surface area contributed by atoms with Crippen molar-refractivity contribution in [3.63, 3.8) is 0 Å². The van der Waals surface area contributed by atoms with Gasteiger partial charge in [-0.05, 0) is 37.6 Å². The summed E-state index contributed by atoms with van der Waals surface area (Å²) in [6.07, 6.45) is 1.89. The summed E-state index contributed by atoms with van der Waals surface area (Å²) in [4.78, 5) is 38.6. The lowest BCUT2D eigenvalue weighted by Crippen LogP contribution is -2.35. The number of hydrogen-bond acceptors (Lipinski definition) is 8. The van der Waals surface area contributed by atoms with Crippen LogP contribution in [0.2, 0.25) is 0 Å². The van der Waals surface area contributed by atoms with Crippen LogP contribution in [-0.2, 0) is 16.6 Å². The molecule has 1 atom stereocenters. The van der Waals surface area contributed by atoms with E-state index in [0.717, 1.165) is 0 Å². The maximum absolute atomic E-state index is 13.3. The molecule has 0 saturated heterocycles. The largest absolute Gasteiger partial charge is 0.473 e. The molecule has 0 saturated carbocycles. The number of aromatic nitrogens is 2. The highest BCUT2D eigenvalue weighted by Gasteiger charge is 2.28. The molecule has 3 aromatic heterocycles. The van der Waals surface area contributed by atoms with Gasteiger partial charge in [0, 0.05) is 7.05 Å². The molecule has 1 amide bonds. The number of aryl methyl sites for hydroxylation is 1. The van der Waals surface area contributed by atoms with Crippen LogP contribution in [0.1, 0.15) is 30.6 Å². The number of fused-ring (bicyclic) bond motifs is 1. The van der Waals surface area contributed by atoms with Gasteiger partial charge in [-0.2, -0.15) is 5.10 Å². The zero-order valence-corrected chi connectivity index (χ0v) is 18.9. The molecule has 1 aromatic carbocycles. The first-order chi connectivity index (χ1) is 16.4. The quantitative estimate of drug-likeness (QED) is 0.390. The Bertz CT molecular complexity index is 1390. The van der Waals surface area contributed by atoms with Crippen molar-refractivity contribution in [1.82, 2.24) is 9.78 Å². The number of esters is 1. The highest BCUT2D eigenvalue weighted by atomic mass is 16.5. The molecule has 10 nitrogen and oxygen atoms in total. The molecule has 3 heterocycles. The third-order valence-electron chi connectivity index (χ3n) is 5.10. The van der Waals surface area contributed by atoms with E-state index in [2.05, 4.69) is 10.4 Å². The Morgan fingerprint density at radius 1 is 1.18 bits per heavy atom. The van der Waals surface area contributed by atoms with E-state index in [0.29, 0.717) is 11.0 Å². The summed E-state index contributed by atoms with van der Waals surface area (Å²) in [6, 6.07) is 10.0. The van der Waals surface area contributed by atoms with E-state index < -0.39 is 23.4 Å². The maximum Gasteiger partial charge on any atom is 0.343 e. The van der Waals surface area contributed by atoms with E-state index in [1.807, 2.05) is 0 Å². The van der Waals surface area contributed by atoms with Gasteiger partial charge < -0.3 is 23.6 Å². The lowest BCUT2D eigenvalue weighted by molar-refractivity contribution is -0.122. The summed E-state index contributed by atoms with van der Waals surface area (Å²) in [7, 11) is 1.58. The van der Waals surface area contributed by atoms with Crippen LogP contribution in [0.5, 0.6) is 5.75 Å². The van der Waals surface area contributed by atoms with E-state index >= 15 is 0 Å². The monoisotopic (exact) mass is 465 g/mol. The van der Waals surface area contributed by atoms with Gasteiger partial charge in [0.25, 0.3) is 5.91 Å². The van der Waals surface area contributed by atoms with E-state index in [9.17, 15) is 14.4 Å². The number of para-hydroxylation sites is 1. The van der Waals surface area contributed by atoms with Gasteiger partial charge in [0.1, 0.15) is 17.0 Å². The fraction of sp³-hybridized carbons (Fsp3) is 0.250. The molecule has 34 heavy (non-hydrogen) atoms. The van der Waals surface area contributed by atoms with Gasteiger partial charge in [0.05, 0.1) is 24.5 Å². The first-order valence-electron chi connectivity index (χ1n) is 10.7. The number of ether oxygens (including phenoxy) is 2. The summed E-state index contributed by atoms with van der Waals surface area (Å²) >= 11 is 0. The van der Waals surface area contributed by atoms with Crippen LogP contribution in [0.25, 0.3) is 22.5 Å². The van der Waals surface area contributed by atoms with Crippen LogP contribution in [0, 0.1) is 0 Å². The van der Waals surface area contributed by atoms with Crippen molar-refractivity contribution >= 4 is 28.7 Å². The van der Waals surface area contributed by atoms with Crippen LogP contribution < -0.4 is 15.5 Å². The Balaban J connectivity index is 1.69. The minimum atomic E-state index is -1.08. The number of hydrogen-bond donors (Lipinski definition) is 1. The third-order valence-corrected chi connectivity index (χ3v) is 5.10. The van der Waals surface area contributed by atoms with Crippen molar-refractivity contribution in [3.05, 3.63) is 64.6 Å². The Kier molecular flexibility index (Phi) is 6.48. The van der Waals surface area contributed by atoms with Crippen molar-refractivity contribution < 1.29 is 27.9 Å². The number of furan rings is 1. The molecular weight excluding hydrogens is 442 g/mol. The Morgan fingerprint density at radius 3 is 2.68 bits per heavy atom. The van der Waals surface area contributed by atoms with Crippen molar-refractivity contribution in [2.45, 2.75) is 26.4 Å². The minimum Gasteiger partial charge on any atom is -0.473 e. The van der Waals surface area contributed by atoms with Gasteiger partial charge in [0.15, 0.2) is 11.9 Å². The van der Waals surface area contributed by atoms with Crippen molar-refractivity contribution in [1.29, 1.82) is 0 Å². The predicted molar refractivity (Wildman–Crippen MR) is 123 cm³/mol. The zero-order valence-electron chi connectivity index (χ0n) is 18.9. The number of benzene rings is 1.